The molecule has 28 heavy (non-hydrogen) atoms. The zero-order chi connectivity index (χ0) is 20.9. The average molecular weight is 391 g/mol. The van der Waals surface area contributed by atoms with Gasteiger partial charge in [0.05, 0.1) is 22.8 Å². The van der Waals surface area contributed by atoms with E-state index in [1.165, 1.54) is 0 Å². The molecule has 156 valence electrons. The Labute approximate surface area is 168 Å². The van der Waals surface area contributed by atoms with E-state index in [2.05, 4.69) is 6.92 Å². The first-order valence-corrected chi connectivity index (χ1v) is 10.2. The number of nitrogens with zero attached hydrogens (tertiary/aromatic N) is 3. The lowest BCUT2D eigenvalue weighted by molar-refractivity contribution is 0.00578. The molecular weight excluding hydrogens is 357 g/mol. The molecule has 0 aromatic carbocycles. The number of likely N-dealkylation sites (tertiary alicyclic amines) is 1. The summed E-state index contributed by atoms with van der Waals surface area (Å²) >= 11 is 0. The molecule has 0 saturated carbocycles. The van der Waals surface area contributed by atoms with Crippen molar-refractivity contribution >= 4 is 18.8 Å². The molecule has 2 unspecified atom stereocenters. The van der Waals surface area contributed by atoms with Gasteiger partial charge in [-0.1, -0.05) is 6.92 Å². The molecule has 3 rings (SSSR count). The number of amides is 1. The van der Waals surface area contributed by atoms with Gasteiger partial charge in [0, 0.05) is 19.3 Å². The molecule has 0 radical (unpaired) electrons. The lowest BCUT2D eigenvalue weighted by Gasteiger charge is -2.37. The van der Waals surface area contributed by atoms with Gasteiger partial charge >= 0.3 is 13.2 Å². The third-order valence-corrected chi connectivity index (χ3v) is 5.98. The summed E-state index contributed by atoms with van der Waals surface area (Å²) in [5.74, 6) is 0.271. The Hall–Kier alpha value is -1.54. The molecule has 0 bridgehead atoms. The lowest BCUT2D eigenvalue weighted by atomic mass is 9.85. The third kappa shape index (κ3) is 4.22. The Morgan fingerprint density at radius 3 is 2.39 bits per heavy atom. The summed E-state index contributed by atoms with van der Waals surface area (Å²) in [6.45, 7) is 17.3. The van der Waals surface area contributed by atoms with Gasteiger partial charge < -0.3 is 18.9 Å². The number of aromatic nitrogens is 2. The van der Waals surface area contributed by atoms with Gasteiger partial charge in [-0.25, -0.2) is 4.79 Å². The van der Waals surface area contributed by atoms with E-state index in [1.807, 2.05) is 65.4 Å². The molecule has 2 aliphatic heterocycles. The molecule has 0 N–H and O–H groups in total. The van der Waals surface area contributed by atoms with Crippen LogP contribution in [-0.2, 0) is 14.0 Å². The molecule has 0 aliphatic carbocycles. The molecule has 3 heterocycles. The maximum Gasteiger partial charge on any atom is 0.516 e. The predicted molar refractivity (Wildman–Crippen MR) is 109 cm³/mol. The first kappa shape index (κ1) is 21.2. The van der Waals surface area contributed by atoms with Gasteiger partial charge in [-0.2, -0.15) is 5.10 Å². The lowest BCUT2D eigenvalue weighted by Crippen LogP contribution is -2.46. The summed E-state index contributed by atoms with van der Waals surface area (Å²) in [5.41, 5.74) is -0.446. The average Bonchev–Trinajstić information content (AvgIpc) is 3.08. The van der Waals surface area contributed by atoms with Crippen LogP contribution in [0.2, 0.25) is 0 Å². The van der Waals surface area contributed by atoms with Crippen molar-refractivity contribution in [3.8, 4) is 0 Å². The number of hydrogen-bond acceptors (Lipinski definition) is 5. The fourth-order valence-electron chi connectivity index (χ4n) is 3.65. The van der Waals surface area contributed by atoms with Crippen LogP contribution in [0.4, 0.5) is 4.79 Å². The van der Waals surface area contributed by atoms with E-state index >= 15 is 0 Å². The smallest absolute Gasteiger partial charge is 0.444 e. The molecule has 2 fully saturated rings. The molecule has 1 aromatic heterocycles. The van der Waals surface area contributed by atoms with Crippen LogP contribution in [0.1, 0.15) is 67.9 Å². The Morgan fingerprint density at radius 1 is 1.25 bits per heavy atom. The van der Waals surface area contributed by atoms with Crippen molar-refractivity contribution in [2.75, 3.05) is 13.1 Å². The van der Waals surface area contributed by atoms with Crippen LogP contribution in [0.25, 0.3) is 0 Å². The highest BCUT2D eigenvalue weighted by molar-refractivity contribution is 6.61. The monoisotopic (exact) mass is 391 g/mol. The van der Waals surface area contributed by atoms with E-state index in [4.69, 9.17) is 19.1 Å². The highest BCUT2D eigenvalue weighted by atomic mass is 16.7. The van der Waals surface area contributed by atoms with Crippen LogP contribution in [0.5, 0.6) is 0 Å². The second-order valence-electron chi connectivity index (χ2n) is 10.1. The fourth-order valence-corrected chi connectivity index (χ4v) is 3.65. The number of hydrogen-bond donors (Lipinski definition) is 0. The maximum atomic E-state index is 12.4. The van der Waals surface area contributed by atoms with Crippen LogP contribution < -0.4 is 5.59 Å². The Morgan fingerprint density at radius 2 is 1.86 bits per heavy atom. The standard InChI is InChI=1S/C20H34BN3O4/c1-14-13-23(17(25)26-18(2,3)4)11-9-15(14)24-12-10-16(22-24)21-27-19(5,6)20(7,8)28-21/h10,12,14-15H,9,11,13H2,1-8H3. The summed E-state index contributed by atoms with van der Waals surface area (Å²) in [5, 5.41) is 4.76. The van der Waals surface area contributed by atoms with Gasteiger partial charge in [-0.05, 0) is 66.9 Å². The molecule has 2 atom stereocenters. The first-order valence-electron chi connectivity index (χ1n) is 10.2. The van der Waals surface area contributed by atoms with Crippen molar-refractivity contribution < 1.29 is 18.8 Å². The summed E-state index contributed by atoms with van der Waals surface area (Å²) in [6, 6.07) is 2.20. The highest BCUT2D eigenvalue weighted by Crippen LogP contribution is 2.36. The van der Waals surface area contributed by atoms with Crippen LogP contribution in [0.15, 0.2) is 12.3 Å². The topological polar surface area (TPSA) is 65.8 Å². The predicted octanol–water partition coefficient (Wildman–Crippen LogP) is 3.00. The van der Waals surface area contributed by atoms with E-state index in [-0.39, 0.29) is 29.3 Å². The number of ether oxygens (including phenoxy) is 1. The Bertz CT molecular complexity index is 709. The molecule has 1 aromatic rings. The van der Waals surface area contributed by atoms with Gasteiger partial charge in [-0.3, -0.25) is 4.68 Å². The van der Waals surface area contributed by atoms with E-state index in [0.717, 1.165) is 12.0 Å². The SMILES string of the molecule is CC1CN(C(=O)OC(C)(C)C)CCC1n1ccc(B2OC(C)(C)C(C)(C)O2)n1. The maximum absolute atomic E-state index is 12.4. The van der Waals surface area contributed by atoms with Crippen molar-refractivity contribution in [2.45, 2.75) is 84.7 Å². The van der Waals surface area contributed by atoms with Crippen LogP contribution in [-0.4, -0.2) is 57.8 Å². The van der Waals surface area contributed by atoms with Gasteiger partial charge in [-0.15, -0.1) is 0 Å². The summed E-state index contributed by atoms with van der Waals surface area (Å²) < 4.78 is 19.7. The molecule has 8 heteroatoms. The minimum atomic E-state index is -0.475. The third-order valence-electron chi connectivity index (χ3n) is 5.98. The van der Waals surface area contributed by atoms with Crippen LogP contribution in [0.3, 0.4) is 0 Å². The Balaban J connectivity index is 1.64. The van der Waals surface area contributed by atoms with E-state index in [9.17, 15) is 4.79 Å². The minimum absolute atomic E-state index is 0.231. The number of piperidine rings is 1. The van der Waals surface area contributed by atoms with E-state index in [0.29, 0.717) is 13.1 Å². The Kier molecular flexibility index (Phi) is 5.34. The molecular formula is C20H34BN3O4. The van der Waals surface area contributed by atoms with Gasteiger partial charge in [0.2, 0.25) is 0 Å². The zero-order valence-electron chi connectivity index (χ0n) is 18.5. The molecule has 0 spiro atoms. The van der Waals surface area contributed by atoms with Crippen LogP contribution in [0, 0.1) is 5.92 Å². The minimum Gasteiger partial charge on any atom is -0.444 e. The second-order valence-corrected chi connectivity index (χ2v) is 10.1. The summed E-state index contributed by atoms with van der Waals surface area (Å²) in [7, 11) is -0.455. The fraction of sp³-hybridized carbons (Fsp3) is 0.800. The van der Waals surface area contributed by atoms with Crippen molar-refractivity contribution in [3.05, 3.63) is 12.3 Å². The number of carbonyl (C=O) groups is 1. The second kappa shape index (κ2) is 7.06. The molecule has 1 amide bonds. The van der Waals surface area contributed by atoms with Gasteiger partial charge in [0.15, 0.2) is 0 Å². The quantitative estimate of drug-likeness (QED) is 0.726. The normalized spacial score (nSPS) is 27.1. The van der Waals surface area contributed by atoms with Crippen molar-refractivity contribution in [1.82, 2.24) is 14.7 Å². The first-order chi connectivity index (χ1) is 12.8. The van der Waals surface area contributed by atoms with Gasteiger partial charge in [0.1, 0.15) is 5.60 Å². The van der Waals surface area contributed by atoms with Crippen molar-refractivity contribution in [2.24, 2.45) is 5.92 Å². The van der Waals surface area contributed by atoms with E-state index in [1.54, 1.807) is 4.90 Å². The number of carbonyl (C=O) groups excluding carboxylic acids is 1. The molecule has 2 saturated heterocycles. The molecule has 7 nitrogen and oxygen atoms in total. The van der Waals surface area contributed by atoms with Crippen molar-refractivity contribution in [1.29, 1.82) is 0 Å². The van der Waals surface area contributed by atoms with Crippen LogP contribution >= 0.6 is 0 Å². The number of rotatable bonds is 2. The summed E-state index contributed by atoms with van der Waals surface area (Å²) in [6.07, 6.45) is 2.59. The van der Waals surface area contributed by atoms with E-state index < -0.39 is 12.7 Å². The highest BCUT2D eigenvalue weighted by Gasteiger charge is 2.52. The van der Waals surface area contributed by atoms with Gasteiger partial charge in [0.25, 0.3) is 0 Å². The summed E-state index contributed by atoms with van der Waals surface area (Å²) in [4.78, 5) is 14.1. The largest absolute Gasteiger partial charge is 0.516 e. The van der Waals surface area contributed by atoms with Crippen molar-refractivity contribution in [3.63, 3.8) is 0 Å². The molecule has 2 aliphatic rings. The zero-order valence-corrected chi connectivity index (χ0v) is 18.5.